The Hall–Kier alpha value is -3.15. The molecular formula is C55H94O6. The number of hydrogen-bond acceptors (Lipinski definition) is 6. The van der Waals surface area contributed by atoms with E-state index in [1.54, 1.807) is 0 Å². The van der Waals surface area contributed by atoms with Gasteiger partial charge in [0.25, 0.3) is 0 Å². The zero-order chi connectivity index (χ0) is 44.4. The molecule has 0 bridgehead atoms. The summed E-state index contributed by atoms with van der Waals surface area (Å²) >= 11 is 0. The van der Waals surface area contributed by atoms with Crippen molar-refractivity contribution >= 4 is 17.9 Å². The van der Waals surface area contributed by atoms with E-state index in [2.05, 4.69) is 93.7 Å². The third kappa shape index (κ3) is 47.7. The minimum absolute atomic E-state index is 0.0986. The normalized spacial score (nSPS) is 12.6. The molecule has 0 aliphatic carbocycles. The van der Waals surface area contributed by atoms with E-state index in [9.17, 15) is 14.4 Å². The van der Waals surface area contributed by atoms with Crippen LogP contribution in [0.15, 0.2) is 72.9 Å². The van der Waals surface area contributed by atoms with E-state index in [-0.39, 0.29) is 37.5 Å². The number of ether oxygens (including phenoxy) is 3. The van der Waals surface area contributed by atoms with Crippen molar-refractivity contribution in [2.24, 2.45) is 0 Å². The topological polar surface area (TPSA) is 78.9 Å². The Morgan fingerprint density at radius 3 is 1.10 bits per heavy atom. The minimum atomic E-state index is -0.800. The van der Waals surface area contributed by atoms with Gasteiger partial charge in [-0.1, -0.05) is 209 Å². The lowest BCUT2D eigenvalue weighted by atomic mass is 10.0. The van der Waals surface area contributed by atoms with Crippen LogP contribution in [0.1, 0.15) is 239 Å². The molecular weight excluding hydrogens is 757 g/mol. The molecule has 1 atom stereocenters. The first-order chi connectivity index (χ1) is 30.0. The van der Waals surface area contributed by atoms with Crippen LogP contribution in [0.3, 0.4) is 0 Å². The Morgan fingerprint density at radius 2 is 0.656 bits per heavy atom. The standard InChI is InChI=1S/C55H94O6/c1-4-7-10-13-16-19-22-25-27-28-29-31-33-36-39-42-45-48-54(57)60-51-52(50-59-53(56)47-44-41-38-35-32-24-21-18-15-12-9-6-3)61-55(58)49-46-43-40-37-34-30-26-23-20-17-14-11-8-5-2/h9,12,16,18-19,21,25,27,29,31,36,39,52H,4-8,10-11,13-15,17,20,22-24,26,28,30,32-35,37-38,40-51H2,1-3H3/b12-9-,19-16-,21-18-,27-25-,31-29-,39-36-. The average molecular weight is 851 g/mol. The molecule has 0 N–H and O–H groups in total. The fourth-order valence-corrected chi connectivity index (χ4v) is 6.88. The van der Waals surface area contributed by atoms with Crippen LogP contribution in [-0.4, -0.2) is 37.2 Å². The van der Waals surface area contributed by atoms with Crippen LogP contribution in [0.5, 0.6) is 0 Å². The van der Waals surface area contributed by atoms with Gasteiger partial charge in [-0.3, -0.25) is 14.4 Å². The van der Waals surface area contributed by atoms with Crippen molar-refractivity contribution in [3.05, 3.63) is 72.9 Å². The lowest BCUT2D eigenvalue weighted by Crippen LogP contribution is -2.30. The molecule has 0 spiro atoms. The number of esters is 3. The third-order valence-electron chi connectivity index (χ3n) is 10.7. The summed E-state index contributed by atoms with van der Waals surface area (Å²) in [7, 11) is 0. The minimum Gasteiger partial charge on any atom is -0.462 e. The predicted molar refractivity (Wildman–Crippen MR) is 261 cm³/mol. The first-order valence-corrected chi connectivity index (χ1v) is 25.4. The lowest BCUT2D eigenvalue weighted by molar-refractivity contribution is -0.167. The fraction of sp³-hybridized carbons (Fsp3) is 0.727. The van der Waals surface area contributed by atoms with Crippen molar-refractivity contribution in [2.45, 2.75) is 245 Å². The maximum absolute atomic E-state index is 12.8. The highest BCUT2D eigenvalue weighted by molar-refractivity contribution is 5.71. The molecule has 0 amide bonds. The molecule has 0 aliphatic heterocycles. The molecule has 0 aliphatic rings. The molecule has 0 aromatic rings. The summed E-state index contributed by atoms with van der Waals surface area (Å²) in [6.45, 7) is 6.44. The van der Waals surface area contributed by atoms with E-state index >= 15 is 0 Å². The zero-order valence-electron chi connectivity index (χ0n) is 39.9. The molecule has 0 heterocycles. The molecule has 0 aromatic carbocycles. The Morgan fingerprint density at radius 1 is 0.344 bits per heavy atom. The van der Waals surface area contributed by atoms with Crippen molar-refractivity contribution in [1.29, 1.82) is 0 Å². The van der Waals surface area contributed by atoms with Crippen LogP contribution in [0, 0.1) is 0 Å². The maximum Gasteiger partial charge on any atom is 0.306 e. The molecule has 350 valence electrons. The third-order valence-corrected chi connectivity index (χ3v) is 10.7. The molecule has 6 heteroatoms. The van der Waals surface area contributed by atoms with E-state index in [4.69, 9.17) is 14.2 Å². The fourth-order valence-electron chi connectivity index (χ4n) is 6.88. The molecule has 1 unspecified atom stereocenters. The van der Waals surface area contributed by atoms with Crippen LogP contribution >= 0.6 is 0 Å². The van der Waals surface area contributed by atoms with Crippen molar-refractivity contribution in [1.82, 2.24) is 0 Å². The Balaban J connectivity index is 4.47. The number of carbonyl (C=O) groups excluding carboxylic acids is 3. The predicted octanol–water partition coefficient (Wildman–Crippen LogP) is 16.6. The van der Waals surface area contributed by atoms with Crippen LogP contribution in [-0.2, 0) is 28.6 Å². The summed E-state index contributed by atoms with van der Waals surface area (Å²) < 4.78 is 16.7. The van der Waals surface area contributed by atoms with Gasteiger partial charge in [-0.25, -0.2) is 0 Å². The molecule has 6 nitrogen and oxygen atoms in total. The second-order valence-electron chi connectivity index (χ2n) is 16.7. The van der Waals surface area contributed by atoms with E-state index in [0.29, 0.717) is 19.3 Å². The van der Waals surface area contributed by atoms with Gasteiger partial charge in [-0.05, 0) is 83.5 Å². The second kappa shape index (κ2) is 49.5. The van der Waals surface area contributed by atoms with E-state index in [0.717, 1.165) is 96.3 Å². The van der Waals surface area contributed by atoms with Gasteiger partial charge < -0.3 is 14.2 Å². The number of unbranched alkanes of at least 4 members (excludes halogenated alkanes) is 22. The summed E-state index contributed by atoms with van der Waals surface area (Å²) in [6, 6.07) is 0. The average Bonchev–Trinajstić information content (AvgIpc) is 3.26. The van der Waals surface area contributed by atoms with Crippen LogP contribution in [0.2, 0.25) is 0 Å². The second-order valence-corrected chi connectivity index (χ2v) is 16.7. The summed E-state index contributed by atoms with van der Waals surface area (Å²) in [5, 5.41) is 0. The van der Waals surface area contributed by atoms with Gasteiger partial charge >= 0.3 is 17.9 Å². The van der Waals surface area contributed by atoms with E-state index in [1.807, 2.05) is 0 Å². The molecule has 0 aromatic heterocycles. The lowest BCUT2D eigenvalue weighted by Gasteiger charge is -2.18. The number of rotatable bonds is 45. The van der Waals surface area contributed by atoms with Crippen LogP contribution in [0.4, 0.5) is 0 Å². The molecule has 0 rings (SSSR count). The van der Waals surface area contributed by atoms with Crippen molar-refractivity contribution in [3.63, 3.8) is 0 Å². The van der Waals surface area contributed by atoms with E-state index < -0.39 is 6.10 Å². The quantitative estimate of drug-likeness (QED) is 0.0263. The van der Waals surface area contributed by atoms with Gasteiger partial charge in [0.2, 0.25) is 0 Å². The van der Waals surface area contributed by atoms with Gasteiger partial charge in [0.05, 0.1) is 0 Å². The SMILES string of the molecule is CC/C=C\C/C=C\CCCCCCCC(=O)OCC(COC(=O)CCC/C=C\C/C=C\C/C=C\C/C=C\CCCCC)OC(=O)CCCCCCCCCCCCCCCC. The number of allylic oxidation sites excluding steroid dienone is 12. The summed E-state index contributed by atoms with van der Waals surface area (Å²) in [5.41, 5.74) is 0. The number of carbonyl (C=O) groups is 3. The first-order valence-electron chi connectivity index (χ1n) is 25.4. The molecule has 0 fully saturated rings. The first kappa shape index (κ1) is 57.9. The van der Waals surface area contributed by atoms with Crippen molar-refractivity contribution < 1.29 is 28.6 Å². The number of hydrogen-bond donors (Lipinski definition) is 0. The summed E-state index contributed by atoms with van der Waals surface area (Å²) in [4.78, 5) is 37.9. The highest BCUT2D eigenvalue weighted by atomic mass is 16.6. The van der Waals surface area contributed by atoms with Gasteiger partial charge in [0.15, 0.2) is 6.10 Å². The van der Waals surface area contributed by atoms with E-state index in [1.165, 1.54) is 96.3 Å². The van der Waals surface area contributed by atoms with Gasteiger partial charge in [-0.15, -0.1) is 0 Å². The molecule has 0 saturated heterocycles. The highest BCUT2D eigenvalue weighted by Gasteiger charge is 2.19. The van der Waals surface area contributed by atoms with Crippen LogP contribution in [0.25, 0.3) is 0 Å². The van der Waals surface area contributed by atoms with Gasteiger partial charge in [-0.2, -0.15) is 0 Å². The zero-order valence-corrected chi connectivity index (χ0v) is 39.9. The highest BCUT2D eigenvalue weighted by Crippen LogP contribution is 2.15. The molecule has 61 heavy (non-hydrogen) atoms. The maximum atomic E-state index is 12.8. The Kier molecular flexibility index (Phi) is 46.9. The summed E-state index contributed by atoms with van der Waals surface area (Å²) in [5.74, 6) is -0.968. The van der Waals surface area contributed by atoms with Crippen LogP contribution < -0.4 is 0 Å². The molecule has 0 saturated carbocycles. The van der Waals surface area contributed by atoms with Gasteiger partial charge in [0, 0.05) is 19.3 Å². The Bertz CT molecular complexity index is 1160. The monoisotopic (exact) mass is 851 g/mol. The smallest absolute Gasteiger partial charge is 0.306 e. The largest absolute Gasteiger partial charge is 0.462 e. The van der Waals surface area contributed by atoms with Crippen molar-refractivity contribution in [3.8, 4) is 0 Å². The molecule has 0 radical (unpaired) electrons. The van der Waals surface area contributed by atoms with Crippen molar-refractivity contribution in [2.75, 3.05) is 13.2 Å². The summed E-state index contributed by atoms with van der Waals surface area (Å²) in [6.07, 6.45) is 61.7. The van der Waals surface area contributed by atoms with Gasteiger partial charge in [0.1, 0.15) is 13.2 Å². The Labute approximate surface area is 376 Å².